The molecule has 148 valence electrons. The van der Waals surface area contributed by atoms with E-state index in [0.29, 0.717) is 11.8 Å². The maximum Gasteiger partial charge on any atom is 0.254 e. The lowest BCUT2D eigenvalue weighted by Gasteiger charge is -2.33. The average molecular weight is 410 g/mol. The van der Waals surface area contributed by atoms with Crippen molar-refractivity contribution in [2.75, 3.05) is 26.7 Å². The number of amides is 1. The predicted octanol–water partition coefficient (Wildman–Crippen LogP) is 4.34. The maximum absolute atomic E-state index is 13.3. The van der Waals surface area contributed by atoms with Crippen molar-refractivity contribution < 1.29 is 4.79 Å². The van der Waals surface area contributed by atoms with Gasteiger partial charge in [0, 0.05) is 30.1 Å². The molecule has 1 aromatic carbocycles. The normalized spacial score (nSPS) is 19.3. The van der Waals surface area contributed by atoms with Crippen molar-refractivity contribution in [3.05, 3.63) is 41.1 Å². The largest absolute Gasteiger partial charge is 0.338 e. The van der Waals surface area contributed by atoms with Crippen molar-refractivity contribution >= 4 is 41.6 Å². The molecule has 0 spiro atoms. The third-order valence-electron chi connectivity index (χ3n) is 5.51. The number of carbonyl (C=O) groups is 1. The van der Waals surface area contributed by atoms with Crippen LogP contribution in [0.15, 0.2) is 24.3 Å². The van der Waals surface area contributed by atoms with Gasteiger partial charge in [-0.3, -0.25) is 9.78 Å². The van der Waals surface area contributed by atoms with Gasteiger partial charge in [0.2, 0.25) is 0 Å². The number of hydrogen-bond donors (Lipinski definition) is 1. The zero-order valence-corrected chi connectivity index (χ0v) is 17.7. The van der Waals surface area contributed by atoms with Crippen LogP contribution < -0.4 is 5.32 Å². The summed E-state index contributed by atoms with van der Waals surface area (Å²) in [7, 11) is 1.99. The van der Waals surface area contributed by atoms with Crippen LogP contribution in [0.1, 0.15) is 53.2 Å². The Hall–Kier alpha value is -1.36. The Morgan fingerprint density at radius 2 is 2.00 bits per heavy atom. The highest BCUT2D eigenvalue weighted by Crippen LogP contribution is 2.40. The van der Waals surface area contributed by atoms with Crippen molar-refractivity contribution in [1.82, 2.24) is 15.2 Å². The Bertz CT molecular complexity index is 805. The number of nitrogens with zero attached hydrogens (tertiary/aromatic N) is 2. The van der Waals surface area contributed by atoms with E-state index in [2.05, 4.69) is 41.4 Å². The van der Waals surface area contributed by atoms with Gasteiger partial charge < -0.3 is 10.2 Å². The van der Waals surface area contributed by atoms with Crippen molar-refractivity contribution in [2.45, 2.75) is 38.5 Å². The molecule has 1 saturated heterocycles. The Labute approximate surface area is 173 Å². The number of carbonyl (C=O) groups excluding carboxylic acids is 1. The monoisotopic (exact) mass is 409 g/mol. The fourth-order valence-electron chi connectivity index (χ4n) is 4.00. The Balaban J connectivity index is 0.00000131. The second-order valence-electron chi connectivity index (χ2n) is 7.71. The van der Waals surface area contributed by atoms with E-state index in [1.807, 2.05) is 7.05 Å². The molecule has 6 heteroatoms. The number of benzene rings is 1. The summed E-state index contributed by atoms with van der Waals surface area (Å²) >= 11 is 0. The quantitative estimate of drug-likeness (QED) is 0.816. The molecule has 4 nitrogen and oxygen atoms in total. The van der Waals surface area contributed by atoms with Gasteiger partial charge in [0.05, 0.1) is 11.1 Å². The van der Waals surface area contributed by atoms with Gasteiger partial charge in [0.1, 0.15) is 0 Å². The SMILES string of the molecule is CNCC1CCCN(C(=O)c2cc(C3CC3)nc3ccc(C)cc23)C1.Cl.Cl. The molecule has 2 fully saturated rings. The molecule has 1 amide bonds. The van der Waals surface area contributed by atoms with E-state index in [1.165, 1.54) is 24.8 Å². The zero-order valence-electron chi connectivity index (χ0n) is 16.0. The lowest BCUT2D eigenvalue weighted by molar-refractivity contribution is 0.0676. The van der Waals surface area contributed by atoms with E-state index < -0.39 is 0 Å². The molecule has 2 aromatic rings. The topological polar surface area (TPSA) is 45.2 Å². The Kier molecular flexibility index (Phi) is 7.49. The van der Waals surface area contributed by atoms with Crippen molar-refractivity contribution in [3.63, 3.8) is 0 Å². The van der Waals surface area contributed by atoms with Crippen LogP contribution in [-0.2, 0) is 0 Å². The molecule has 1 aliphatic heterocycles. The van der Waals surface area contributed by atoms with Gasteiger partial charge in [-0.25, -0.2) is 0 Å². The fraction of sp³-hybridized carbons (Fsp3) is 0.524. The minimum Gasteiger partial charge on any atom is -0.338 e. The van der Waals surface area contributed by atoms with E-state index in [1.54, 1.807) is 0 Å². The van der Waals surface area contributed by atoms with Crippen LogP contribution in [0.3, 0.4) is 0 Å². The van der Waals surface area contributed by atoms with E-state index in [4.69, 9.17) is 4.98 Å². The molecule has 1 aliphatic carbocycles. The summed E-state index contributed by atoms with van der Waals surface area (Å²) in [6, 6.07) is 8.34. The average Bonchev–Trinajstić information content (AvgIpc) is 3.46. The molecule has 0 radical (unpaired) electrons. The summed E-state index contributed by atoms with van der Waals surface area (Å²) in [4.78, 5) is 20.2. The lowest BCUT2D eigenvalue weighted by Crippen LogP contribution is -2.42. The first-order chi connectivity index (χ1) is 12.2. The minimum atomic E-state index is 0. The van der Waals surface area contributed by atoms with Crippen LogP contribution >= 0.6 is 24.8 Å². The van der Waals surface area contributed by atoms with Gasteiger partial charge in [-0.15, -0.1) is 24.8 Å². The van der Waals surface area contributed by atoms with Gasteiger partial charge in [-0.05, 0) is 70.3 Å². The number of hydrogen-bond acceptors (Lipinski definition) is 3. The molecular formula is C21H29Cl2N3O. The highest BCUT2D eigenvalue weighted by molar-refractivity contribution is 6.06. The molecular weight excluding hydrogens is 381 g/mol. The first-order valence-electron chi connectivity index (χ1n) is 9.51. The van der Waals surface area contributed by atoms with E-state index in [-0.39, 0.29) is 30.7 Å². The number of rotatable bonds is 4. The predicted molar refractivity (Wildman–Crippen MR) is 116 cm³/mol. The van der Waals surface area contributed by atoms with Gasteiger partial charge in [-0.2, -0.15) is 0 Å². The van der Waals surface area contributed by atoms with Crippen LogP contribution in [0.5, 0.6) is 0 Å². The third-order valence-corrected chi connectivity index (χ3v) is 5.51. The van der Waals surface area contributed by atoms with Gasteiger partial charge in [0.25, 0.3) is 5.91 Å². The minimum absolute atomic E-state index is 0. The van der Waals surface area contributed by atoms with Crippen molar-refractivity contribution in [3.8, 4) is 0 Å². The summed E-state index contributed by atoms with van der Waals surface area (Å²) < 4.78 is 0. The molecule has 27 heavy (non-hydrogen) atoms. The van der Waals surface area contributed by atoms with Gasteiger partial charge in [0.15, 0.2) is 0 Å². The summed E-state index contributed by atoms with van der Waals surface area (Å²) in [5.41, 5.74) is 4.08. The molecule has 1 atom stereocenters. The number of aromatic nitrogens is 1. The summed E-state index contributed by atoms with van der Waals surface area (Å²) in [5, 5.41) is 4.26. The van der Waals surface area contributed by atoms with Crippen molar-refractivity contribution in [2.24, 2.45) is 5.92 Å². The summed E-state index contributed by atoms with van der Waals surface area (Å²) in [6.07, 6.45) is 4.70. The number of piperidine rings is 1. The molecule has 1 saturated carbocycles. The van der Waals surface area contributed by atoms with Crippen LogP contribution in [0.2, 0.25) is 0 Å². The maximum atomic E-state index is 13.3. The van der Waals surface area contributed by atoms with Gasteiger partial charge >= 0.3 is 0 Å². The number of pyridine rings is 1. The smallest absolute Gasteiger partial charge is 0.254 e. The number of aryl methyl sites for hydroxylation is 1. The van der Waals surface area contributed by atoms with E-state index in [0.717, 1.165) is 48.2 Å². The van der Waals surface area contributed by atoms with Gasteiger partial charge in [-0.1, -0.05) is 11.6 Å². The van der Waals surface area contributed by atoms with Crippen LogP contribution in [0.4, 0.5) is 0 Å². The van der Waals surface area contributed by atoms with Crippen LogP contribution in [-0.4, -0.2) is 42.5 Å². The van der Waals surface area contributed by atoms with Crippen LogP contribution in [0, 0.1) is 12.8 Å². The highest BCUT2D eigenvalue weighted by Gasteiger charge is 2.29. The first kappa shape index (κ1) is 21.9. The molecule has 1 aromatic heterocycles. The Morgan fingerprint density at radius 3 is 2.70 bits per heavy atom. The second kappa shape index (κ2) is 9.22. The molecule has 1 unspecified atom stereocenters. The number of fused-ring (bicyclic) bond motifs is 1. The zero-order chi connectivity index (χ0) is 17.4. The van der Waals surface area contributed by atoms with E-state index in [9.17, 15) is 4.79 Å². The van der Waals surface area contributed by atoms with E-state index >= 15 is 0 Å². The molecule has 2 heterocycles. The molecule has 4 rings (SSSR count). The summed E-state index contributed by atoms with van der Waals surface area (Å²) in [6.45, 7) is 4.78. The molecule has 0 bridgehead atoms. The first-order valence-corrected chi connectivity index (χ1v) is 9.51. The molecule has 2 aliphatic rings. The lowest BCUT2D eigenvalue weighted by atomic mass is 9.96. The number of nitrogens with one attached hydrogen (secondary N) is 1. The fourth-order valence-corrected chi connectivity index (χ4v) is 4.00. The molecule has 1 N–H and O–H groups in total. The second-order valence-corrected chi connectivity index (χ2v) is 7.71. The van der Waals surface area contributed by atoms with Crippen LogP contribution in [0.25, 0.3) is 10.9 Å². The van der Waals surface area contributed by atoms with Crippen molar-refractivity contribution in [1.29, 1.82) is 0 Å². The third kappa shape index (κ3) is 4.74. The standard InChI is InChI=1S/C21H27N3O.2ClH/c1-14-5-8-19-17(10-14)18(11-20(23-19)16-6-7-16)21(25)24-9-3-4-15(13-24)12-22-2;;/h5,8,10-11,15-16,22H,3-4,6-7,9,12-13H2,1-2H3;2*1H. The number of likely N-dealkylation sites (tertiary alicyclic amines) is 1. The Morgan fingerprint density at radius 1 is 1.22 bits per heavy atom. The summed E-state index contributed by atoms with van der Waals surface area (Å²) in [5.74, 6) is 1.29. The highest BCUT2D eigenvalue weighted by atomic mass is 35.5. The number of halogens is 2.